The molecule has 0 spiro atoms. The highest BCUT2D eigenvalue weighted by atomic mass is 16.7. The van der Waals surface area contributed by atoms with E-state index in [4.69, 9.17) is 9.47 Å². The molecule has 1 unspecified atom stereocenters. The second kappa shape index (κ2) is 3.70. The molecule has 1 aliphatic rings. The van der Waals surface area contributed by atoms with Crippen molar-refractivity contribution in [2.24, 2.45) is 0 Å². The van der Waals surface area contributed by atoms with Gasteiger partial charge < -0.3 is 14.3 Å². The van der Waals surface area contributed by atoms with Crippen molar-refractivity contribution in [3.8, 4) is 11.5 Å². The van der Waals surface area contributed by atoms with Crippen molar-refractivity contribution < 1.29 is 14.3 Å². The van der Waals surface area contributed by atoms with Crippen molar-refractivity contribution in [2.45, 2.75) is 19.3 Å². The molecule has 0 aromatic heterocycles. The minimum absolute atomic E-state index is 0.238. The van der Waals surface area contributed by atoms with E-state index in [0.29, 0.717) is 13.2 Å². The third kappa shape index (κ3) is 1.58. The Labute approximate surface area is 82.6 Å². The number of carbonyl (C=O) groups is 1. The maximum atomic E-state index is 10.4. The Morgan fingerprint density at radius 3 is 3.00 bits per heavy atom. The van der Waals surface area contributed by atoms with Gasteiger partial charge in [-0.25, -0.2) is 0 Å². The van der Waals surface area contributed by atoms with Crippen LogP contribution in [0.15, 0.2) is 18.2 Å². The van der Waals surface area contributed by atoms with Crippen LogP contribution in [0.3, 0.4) is 0 Å². The van der Waals surface area contributed by atoms with Gasteiger partial charge in [-0.1, -0.05) is 13.0 Å². The molecule has 0 amide bonds. The number of hydrogen-bond acceptors (Lipinski definition) is 3. The topological polar surface area (TPSA) is 35.5 Å². The van der Waals surface area contributed by atoms with E-state index in [1.54, 1.807) is 0 Å². The Hall–Kier alpha value is -1.51. The van der Waals surface area contributed by atoms with Crippen molar-refractivity contribution in [3.05, 3.63) is 23.8 Å². The predicted octanol–water partition coefficient (Wildman–Crippen LogP) is 2.11. The van der Waals surface area contributed by atoms with Crippen LogP contribution in [-0.2, 0) is 4.79 Å². The van der Waals surface area contributed by atoms with Gasteiger partial charge in [0.05, 0.1) is 0 Å². The van der Waals surface area contributed by atoms with Gasteiger partial charge in [0.15, 0.2) is 11.5 Å². The lowest BCUT2D eigenvalue weighted by Gasteiger charge is -2.08. The fourth-order valence-corrected chi connectivity index (χ4v) is 1.50. The van der Waals surface area contributed by atoms with Crippen LogP contribution in [-0.4, -0.2) is 13.1 Å². The van der Waals surface area contributed by atoms with Crippen LogP contribution < -0.4 is 9.47 Å². The van der Waals surface area contributed by atoms with Crippen LogP contribution in [0, 0.1) is 0 Å². The van der Waals surface area contributed by atoms with Gasteiger partial charge in [-0.3, -0.25) is 0 Å². The molecule has 1 aliphatic heterocycles. The molecule has 1 heterocycles. The van der Waals surface area contributed by atoms with Gasteiger partial charge in [-0.15, -0.1) is 0 Å². The average molecular weight is 192 g/mol. The molecule has 74 valence electrons. The minimum atomic E-state index is 0.238. The van der Waals surface area contributed by atoms with Gasteiger partial charge >= 0.3 is 0 Å². The Bertz CT molecular complexity index is 346. The van der Waals surface area contributed by atoms with E-state index < -0.39 is 0 Å². The average Bonchev–Trinajstić information content (AvgIpc) is 2.64. The lowest BCUT2D eigenvalue weighted by molar-refractivity contribution is -0.108. The molecule has 1 atom stereocenters. The van der Waals surface area contributed by atoms with Crippen LogP contribution in [0.5, 0.6) is 11.5 Å². The maximum absolute atomic E-state index is 10.4. The van der Waals surface area contributed by atoms with Gasteiger partial charge in [0.1, 0.15) is 6.29 Å². The third-order valence-electron chi connectivity index (χ3n) is 2.42. The van der Waals surface area contributed by atoms with E-state index in [-0.39, 0.29) is 5.92 Å². The maximum Gasteiger partial charge on any atom is 0.231 e. The first-order valence-corrected chi connectivity index (χ1v) is 4.64. The standard InChI is InChI=1S/C11H12O3/c1-8(4-5-12)9-2-3-10-11(6-9)14-7-13-10/h2-3,5-6,8H,4,7H2,1H3. The molecule has 14 heavy (non-hydrogen) atoms. The Balaban J connectivity index is 2.23. The van der Waals surface area contributed by atoms with Crippen molar-refractivity contribution in [2.75, 3.05) is 6.79 Å². The van der Waals surface area contributed by atoms with Crippen molar-refractivity contribution in [1.29, 1.82) is 0 Å². The summed E-state index contributed by atoms with van der Waals surface area (Å²) < 4.78 is 10.5. The second-order valence-electron chi connectivity index (χ2n) is 3.42. The number of aldehydes is 1. The number of carbonyl (C=O) groups excluding carboxylic acids is 1. The summed E-state index contributed by atoms with van der Waals surface area (Å²) in [4.78, 5) is 10.4. The molecule has 0 saturated carbocycles. The first-order chi connectivity index (χ1) is 6.81. The van der Waals surface area contributed by atoms with Crippen molar-refractivity contribution in [3.63, 3.8) is 0 Å². The van der Waals surface area contributed by atoms with Crippen LogP contribution in [0.1, 0.15) is 24.8 Å². The summed E-state index contributed by atoms with van der Waals surface area (Å²) in [6, 6.07) is 5.80. The van der Waals surface area contributed by atoms with E-state index in [9.17, 15) is 4.79 Å². The van der Waals surface area contributed by atoms with Gasteiger partial charge in [0.25, 0.3) is 0 Å². The number of fused-ring (bicyclic) bond motifs is 1. The molecule has 0 saturated heterocycles. The summed E-state index contributed by atoms with van der Waals surface area (Å²) in [6.07, 6.45) is 1.48. The molecule has 0 bridgehead atoms. The highest BCUT2D eigenvalue weighted by Gasteiger charge is 2.15. The predicted molar refractivity (Wildman–Crippen MR) is 51.7 cm³/mol. The highest BCUT2D eigenvalue weighted by Crippen LogP contribution is 2.34. The van der Waals surface area contributed by atoms with Crippen LogP contribution in [0.2, 0.25) is 0 Å². The molecule has 1 aromatic carbocycles. The summed E-state index contributed by atoms with van der Waals surface area (Å²) in [5.41, 5.74) is 1.11. The molecule has 0 aliphatic carbocycles. The first-order valence-electron chi connectivity index (χ1n) is 4.64. The SMILES string of the molecule is CC(CC=O)c1ccc2c(c1)OCO2. The van der Waals surface area contributed by atoms with Crippen molar-refractivity contribution >= 4 is 6.29 Å². The van der Waals surface area contributed by atoms with Crippen LogP contribution in [0.4, 0.5) is 0 Å². The van der Waals surface area contributed by atoms with E-state index in [0.717, 1.165) is 23.3 Å². The van der Waals surface area contributed by atoms with Gasteiger partial charge in [0.2, 0.25) is 6.79 Å². The van der Waals surface area contributed by atoms with Gasteiger partial charge in [-0.05, 0) is 23.6 Å². The largest absolute Gasteiger partial charge is 0.454 e. The zero-order valence-corrected chi connectivity index (χ0v) is 8.03. The summed E-state index contributed by atoms with van der Waals surface area (Å²) in [7, 11) is 0. The molecular weight excluding hydrogens is 180 g/mol. The van der Waals surface area contributed by atoms with E-state index in [2.05, 4.69) is 0 Å². The van der Waals surface area contributed by atoms with Crippen LogP contribution >= 0.6 is 0 Å². The molecule has 1 aromatic rings. The van der Waals surface area contributed by atoms with Gasteiger partial charge in [0, 0.05) is 6.42 Å². The Kier molecular flexibility index (Phi) is 2.39. The normalized spacial score (nSPS) is 15.2. The highest BCUT2D eigenvalue weighted by molar-refractivity contribution is 5.53. The zero-order chi connectivity index (χ0) is 9.97. The number of ether oxygens (including phenoxy) is 2. The Morgan fingerprint density at radius 1 is 1.43 bits per heavy atom. The summed E-state index contributed by atoms with van der Waals surface area (Å²) in [6.45, 7) is 2.31. The smallest absolute Gasteiger partial charge is 0.231 e. The fraction of sp³-hybridized carbons (Fsp3) is 0.364. The zero-order valence-electron chi connectivity index (χ0n) is 8.03. The molecule has 2 rings (SSSR count). The molecule has 3 heteroatoms. The number of benzene rings is 1. The van der Waals surface area contributed by atoms with Crippen molar-refractivity contribution in [1.82, 2.24) is 0 Å². The van der Waals surface area contributed by atoms with Crippen LogP contribution in [0.25, 0.3) is 0 Å². The second-order valence-corrected chi connectivity index (χ2v) is 3.42. The number of hydrogen-bond donors (Lipinski definition) is 0. The number of rotatable bonds is 3. The quantitative estimate of drug-likeness (QED) is 0.688. The lowest BCUT2D eigenvalue weighted by atomic mass is 9.98. The summed E-state index contributed by atoms with van der Waals surface area (Å²) in [5.74, 6) is 1.80. The molecule has 3 nitrogen and oxygen atoms in total. The fourth-order valence-electron chi connectivity index (χ4n) is 1.50. The summed E-state index contributed by atoms with van der Waals surface area (Å²) in [5, 5.41) is 0. The lowest BCUT2D eigenvalue weighted by Crippen LogP contribution is -1.94. The third-order valence-corrected chi connectivity index (χ3v) is 2.42. The molecule has 0 fully saturated rings. The molecule has 0 radical (unpaired) electrons. The Morgan fingerprint density at radius 2 is 2.21 bits per heavy atom. The van der Waals surface area contributed by atoms with E-state index in [1.807, 2.05) is 25.1 Å². The van der Waals surface area contributed by atoms with Gasteiger partial charge in [-0.2, -0.15) is 0 Å². The van der Waals surface area contributed by atoms with E-state index >= 15 is 0 Å². The first kappa shape index (κ1) is 9.06. The summed E-state index contributed by atoms with van der Waals surface area (Å²) >= 11 is 0. The molecular formula is C11H12O3. The minimum Gasteiger partial charge on any atom is -0.454 e. The monoisotopic (exact) mass is 192 g/mol. The molecule has 0 N–H and O–H groups in total. The van der Waals surface area contributed by atoms with E-state index in [1.165, 1.54) is 0 Å².